The fraction of sp³-hybridized carbons (Fsp3) is 0.100. The number of benzene rings is 1. The third kappa shape index (κ3) is 3.26. The zero-order valence-electron chi connectivity index (χ0n) is 7.40. The molecular weight excluding hydrogens is 185 g/mol. The van der Waals surface area contributed by atoms with Gasteiger partial charge in [0.1, 0.15) is 11.6 Å². The van der Waals surface area contributed by atoms with Gasteiger partial charge in [-0.3, -0.25) is 4.79 Å². The Labute approximate surface area is 80.7 Å². The van der Waals surface area contributed by atoms with E-state index in [2.05, 4.69) is 0 Å². The Balaban J connectivity index is 2.76. The van der Waals surface area contributed by atoms with Crippen molar-refractivity contribution >= 4 is 12.0 Å². The van der Waals surface area contributed by atoms with Crippen molar-refractivity contribution in [1.82, 2.24) is 0 Å². The van der Waals surface area contributed by atoms with Crippen LogP contribution in [0.25, 0.3) is 6.08 Å². The molecule has 4 heteroatoms. The van der Waals surface area contributed by atoms with Gasteiger partial charge in [0.2, 0.25) is 5.91 Å². The molecule has 1 amide bonds. The van der Waals surface area contributed by atoms with Gasteiger partial charge < -0.3 is 10.8 Å². The highest BCUT2D eigenvalue weighted by Crippen LogP contribution is 2.15. The van der Waals surface area contributed by atoms with Crippen LogP contribution in [0.3, 0.4) is 0 Å². The molecule has 0 aromatic heterocycles. The van der Waals surface area contributed by atoms with Crippen LogP contribution in [0, 0.1) is 5.82 Å². The summed E-state index contributed by atoms with van der Waals surface area (Å²) in [7, 11) is 0. The molecule has 14 heavy (non-hydrogen) atoms. The second-order valence-electron chi connectivity index (χ2n) is 2.82. The van der Waals surface area contributed by atoms with Crippen LogP contribution in [0.15, 0.2) is 24.3 Å². The first kappa shape index (κ1) is 10.2. The first-order chi connectivity index (χ1) is 6.58. The second-order valence-corrected chi connectivity index (χ2v) is 2.82. The Morgan fingerprint density at radius 1 is 1.50 bits per heavy atom. The summed E-state index contributed by atoms with van der Waals surface area (Å²) in [5, 5.41) is 9.04. The summed E-state index contributed by atoms with van der Waals surface area (Å²) in [6, 6.07) is 3.64. The Morgan fingerprint density at radius 2 is 2.21 bits per heavy atom. The molecule has 0 aliphatic carbocycles. The van der Waals surface area contributed by atoms with Gasteiger partial charge in [0.05, 0.1) is 0 Å². The van der Waals surface area contributed by atoms with Crippen molar-refractivity contribution in [3.63, 3.8) is 0 Å². The topological polar surface area (TPSA) is 63.3 Å². The van der Waals surface area contributed by atoms with Crippen LogP contribution in [0.4, 0.5) is 4.39 Å². The molecule has 0 spiro atoms. The minimum atomic E-state index is -0.524. The molecule has 0 radical (unpaired) electrons. The quantitative estimate of drug-likeness (QED) is 0.766. The number of phenolic OH excluding ortho intramolecular Hbond substituents is 1. The van der Waals surface area contributed by atoms with Crippen LogP contribution < -0.4 is 5.73 Å². The zero-order chi connectivity index (χ0) is 10.6. The second kappa shape index (κ2) is 4.41. The molecule has 0 heterocycles. The summed E-state index contributed by atoms with van der Waals surface area (Å²) in [4.78, 5) is 10.4. The highest BCUT2D eigenvalue weighted by atomic mass is 19.1. The van der Waals surface area contributed by atoms with Crippen LogP contribution in [0.2, 0.25) is 0 Å². The number of halogens is 1. The van der Waals surface area contributed by atoms with Crippen LogP contribution in [0.5, 0.6) is 5.75 Å². The largest absolute Gasteiger partial charge is 0.508 e. The maximum atomic E-state index is 12.7. The average molecular weight is 195 g/mol. The number of primary amides is 1. The molecule has 0 unspecified atom stereocenters. The first-order valence-electron chi connectivity index (χ1n) is 4.02. The number of phenols is 1. The molecule has 0 aliphatic heterocycles. The monoisotopic (exact) mass is 195 g/mol. The van der Waals surface area contributed by atoms with Crippen molar-refractivity contribution < 1.29 is 14.3 Å². The SMILES string of the molecule is NC(=O)CC=Cc1cc(O)cc(F)c1. The molecule has 0 fully saturated rings. The lowest BCUT2D eigenvalue weighted by Crippen LogP contribution is -2.07. The van der Waals surface area contributed by atoms with E-state index >= 15 is 0 Å². The van der Waals surface area contributed by atoms with Gasteiger partial charge in [-0.2, -0.15) is 0 Å². The minimum Gasteiger partial charge on any atom is -0.508 e. The van der Waals surface area contributed by atoms with Gasteiger partial charge in [0, 0.05) is 12.5 Å². The van der Waals surface area contributed by atoms with Crippen molar-refractivity contribution in [3.05, 3.63) is 35.7 Å². The molecule has 0 bridgehead atoms. The standard InChI is InChI=1S/C10H10FNO2/c11-8-4-7(5-9(13)6-8)2-1-3-10(12)14/h1-2,4-6,13H,3H2,(H2,12,14). The van der Waals surface area contributed by atoms with Crippen molar-refractivity contribution in [2.24, 2.45) is 5.73 Å². The molecule has 3 nitrogen and oxygen atoms in total. The van der Waals surface area contributed by atoms with Crippen molar-refractivity contribution in [2.45, 2.75) is 6.42 Å². The van der Waals surface area contributed by atoms with Gasteiger partial charge in [-0.15, -0.1) is 0 Å². The van der Waals surface area contributed by atoms with Crippen LogP contribution >= 0.6 is 0 Å². The van der Waals surface area contributed by atoms with Gasteiger partial charge in [-0.05, 0) is 17.7 Å². The van der Waals surface area contributed by atoms with E-state index in [1.807, 2.05) is 0 Å². The van der Waals surface area contributed by atoms with Crippen molar-refractivity contribution in [2.75, 3.05) is 0 Å². The summed E-state index contributed by atoms with van der Waals surface area (Å²) in [5.41, 5.74) is 5.39. The molecule has 1 aromatic carbocycles. The lowest BCUT2D eigenvalue weighted by molar-refractivity contribution is -0.117. The maximum absolute atomic E-state index is 12.7. The molecule has 1 aromatic rings. The van der Waals surface area contributed by atoms with E-state index in [1.54, 1.807) is 0 Å². The summed E-state index contributed by atoms with van der Waals surface area (Å²) in [5.74, 6) is -1.13. The summed E-state index contributed by atoms with van der Waals surface area (Å²) in [6.45, 7) is 0. The Hall–Kier alpha value is -1.84. The highest BCUT2D eigenvalue weighted by Gasteiger charge is 1.96. The Morgan fingerprint density at radius 3 is 2.79 bits per heavy atom. The molecule has 0 saturated heterocycles. The van der Waals surface area contributed by atoms with Crippen molar-refractivity contribution in [3.8, 4) is 5.75 Å². The first-order valence-corrected chi connectivity index (χ1v) is 4.02. The smallest absolute Gasteiger partial charge is 0.221 e. The number of hydrogen-bond donors (Lipinski definition) is 2. The van der Waals surface area contributed by atoms with Gasteiger partial charge in [-0.1, -0.05) is 12.2 Å². The van der Waals surface area contributed by atoms with E-state index in [1.165, 1.54) is 24.3 Å². The number of nitrogens with two attached hydrogens (primary N) is 1. The van der Waals surface area contributed by atoms with E-state index in [-0.39, 0.29) is 12.2 Å². The lowest BCUT2D eigenvalue weighted by Gasteiger charge is -1.96. The molecule has 0 saturated carbocycles. The van der Waals surface area contributed by atoms with Gasteiger partial charge in [0.15, 0.2) is 0 Å². The van der Waals surface area contributed by atoms with Gasteiger partial charge in [0.25, 0.3) is 0 Å². The number of aromatic hydroxyl groups is 1. The predicted molar refractivity (Wildman–Crippen MR) is 50.9 cm³/mol. The number of rotatable bonds is 3. The van der Waals surface area contributed by atoms with E-state index in [4.69, 9.17) is 10.8 Å². The Bertz CT molecular complexity index is 354. The molecule has 1 rings (SSSR count). The Kier molecular flexibility index (Phi) is 3.23. The maximum Gasteiger partial charge on any atom is 0.221 e. The van der Waals surface area contributed by atoms with E-state index in [9.17, 15) is 9.18 Å². The van der Waals surface area contributed by atoms with E-state index in [0.29, 0.717) is 5.56 Å². The highest BCUT2D eigenvalue weighted by molar-refractivity contribution is 5.76. The molecule has 74 valence electrons. The number of carbonyl (C=O) groups is 1. The van der Waals surface area contributed by atoms with Gasteiger partial charge >= 0.3 is 0 Å². The van der Waals surface area contributed by atoms with E-state index in [0.717, 1.165) is 6.07 Å². The molecule has 0 atom stereocenters. The number of hydrogen-bond acceptors (Lipinski definition) is 2. The fourth-order valence-electron chi connectivity index (χ4n) is 1.00. The van der Waals surface area contributed by atoms with Gasteiger partial charge in [-0.25, -0.2) is 4.39 Å². The summed E-state index contributed by atoms with van der Waals surface area (Å²) < 4.78 is 12.7. The predicted octanol–water partition coefficient (Wildman–Crippen LogP) is 1.42. The third-order valence-electron chi connectivity index (χ3n) is 1.53. The summed E-state index contributed by atoms with van der Waals surface area (Å²) in [6.07, 6.45) is 3.13. The normalized spacial score (nSPS) is 10.6. The fourth-order valence-corrected chi connectivity index (χ4v) is 1.00. The molecular formula is C10H10FNO2. The number of amides is 1. The average Bonchev–Trinajstić information content (AvgIpc) is 2.01. The third-order valence-corrected chi connectivity index (χ3v) is 1.53. The van der Waals surface area contributed by atoms with Crippen LogP contribution in [0.1, 0.15) is 12.0 Å². The zero-order valence-corrected chi connectivity index (χ0v) is 7.40. The molecule has 0 aliphatic rings. The lowest BCUT2D eigenvalue weighted by atomic mass is 10.2. The molecule has 3 N–H and O–H groups in total. The summed E-state index contributed by atoms with van der Waals surface area (Å²) >= 11 is 0. The van der Waals surface area contributed by atoms with Crippen LogP contribution in [-0.4, -0.2) is 11.0 Å². The van der Waals surface area contributed by atoms with Crippen LogP contribution in [-0.2, 0) is 4.79 Å². The minimum absolute atomic E-state index is 0.0945. The van der Waals surface area contributed by atoms with Crippen molar-refractivity contribution in [1.29, 1.82) is 0 Å². The number of carbonyl (C=O) groups excluding carboxylic acids is 1. The van der Waals surface area contributed by atoms with E-state index < -0.39 is 11.7 Å².